The summed E-state index contributed by atoms with van der Waals surface area (Å²) in [4.78, 5) is 32.5. The van der Waals surface area contributed by atoms with Crippen molar-refractivity contribution in [3.05, 3.63) is 119 Å². The molecule has 3 aromatic carbocycles. The van der Waals surface area contributed by atoms with Crippen molar-refractivity contribution in [2.75, 3.05) is 0 Å². The molecular formula is C31H28FNO5. The van der Waals surface area contributed by atoms with Gasteiger partial charge >= 0.3 is 11.9 Å². The zero-order valence-electron chi connectivity index (χ0n) is 21.4. The number of hydrogen-bond donors (Lipinski definition) is 1. The predicted molar refractivity (Wildman–Crippen MR) is 140 cm³/mol. The van der Waals surface area contributed by atoms with Crippen molar-refractivity contribution in [2.45, 2.75) is 50.2 Å². The number of rotatable bonds is 4. The molecule has 5 rings (SSSR count). The summed E-state index contributed by atoms with van der Waals surface area (Å²) in [6, 6.07) is 23.8. The summed E-state index contributed by atoms with van der Waals surface area (Å²) >= 11 is 0. The topological polar surface area (TPSA) is 85.2 Å². The summed E-state index contributed by atoms with van der Waals surface area (Å²) in [7, 11) is 0. The highest BCUT2D eigenvalue weighted by atomic mass is 19.1. The average Bonchev–Trinajstić information content (AvgIpc) is 3.22. The lowest BCUT2D eigenvalue weighted by Gasteiger charge is -2.43. The Bertz CT molecular complexity index is 1440. The summed E-state index contributed by atoms with van der Waals surface area (Å²) in [6.07, 6.45) is -0.0447. The molecule has 2 aliphatic rings. The lowest BCUT2D eigenvalue weighted by Crippen LogP contribution is -2.51. The van der Waals surface area contributed by atoms with Crippen LogP contribution in [0.2, 0.25) is 0 Å². The van der Waals surface area contributed by atoms with Crippen molar-refractivity contribution in [3.8, 4) is 0 Å². The third kappa shape index (κ3) is 4.49. The zero-order chi connectivity index (χ0) is 27.1. The van der Waals surface area contributed by atoms with E-state index in [1.54, 1.807) is 51.1 Å². The average molecular weight is 514 g/mol. The fourth-order valence-electron chi connectivity index (χ4n) is 5.29. The van der Waals surface area contributed by atoms with Crippen LogP contribution in [0.5, 0.6) is 0 Å². The fourth-order valence-corrected chi connectivity index (χ4v) is 5.29. The molecule has 1 aliphatic heterocycles. The Kier molecular flexibility index (Phi) is 6.39. The van der Waals surface area contributed by atoms with Crippen LogP contribution < -0.4 is 0 Å². The molecule has 0 saturated carbocycles. The Labute approximate surface area is 220 Å². The van der Waals surface area contributed by atoms with Crippen molar-refractivity contribution in [2.24, 2.45) is 4.99 Å². The van der Waals surface area contributed by atoms with Crippen LogP contribution in [0.3, 0.4) is 0 Å². The summed E-state index contributed by atoms with van der Waals surface area (Å²) in [5.74, 6) is -3.85. The smallest absolute Gasteiger partial charge is 0.342 e. The zero-order valence-corrected chi connectivity index (χ0v) is 21.4. The minimum Gasteiger partial charge on any atom is -0.512 e. The number of allylic oxidation sites excluding steroid dienone is 1. The Hall–Kier alpha value is -4.26. The summed E-state index contributed by atoms with van der Waals surface area (Å²) < 4.78 is 25.6. The van der Waals surface area contributed by atoms with E-state index >= 15 is 0 Å². The van der Waals surface area contributed by atoms with Crippen molar-refractivity contribution in [3.63, 3.8) is 0 Å². The summed E-state index contributed by atoms with van der Waals surface area (Å²) in [5.41, 5.74) is -0.929. The van der Waals surface area contributed by atoms with Crippen LogP contribution in [0.1, 0.15) is 55.7 Å². The van der Waals surface area contributed by atoms with Gasteiger partial charge in [-0.25, -0.2) is 19.0 Å². The van der Waals surface area contributed by atoms with Crippen LogP contribution in [0.25, 0.3) is 0 Å². The highest BCUT2D eigenvalue weighted by Gasteiger charge is 2.63. The second kappa shape index (κ2) is 9.56. The van der Waals surface area contributed by atoms with Crippen molar-refractivity contribution < 1.29 is 28.6 Å². The van der Waals surface area contributed by atoms with Gasteiger partial charge in [0.15, 0.2) is 5.54 Å². The first-order valence-electron chi connectivity index (χ1n) is 12.4. The standard InChI is InChI=1S/C31H28FNO5/c1-30(2,3)38-28(35)25-24(34)18-23(19-11-6-4-7-12-19)31(26(25)20-13-8-5-9-14-20)29(36)37-27(33-31)21-15-10-16-22(32)17-21/h4-17,23,26,34H,18H2,1-3H3/t23-,26+,31-/m1/s1. The molecule has 3 atom stereocenters. The molecule has 194 valence electrons. The Morgan fingerprint density at radius 1 is 1.00 bits per heavy atom. The molecule has 0 aromatic heterocycles. The van der Waals surface area contributed by atoms with E-state index in [1.807, 2.05) is 36.4 Å². The van der Waals surface area contributed by atoms with Crippen LogP contribution >= 0.6 is 0 Å². The van der Waals surface area contributed by atoms with E-state index < -0.39 is 40.7 Å². The molecule has 3 aromatic rings. The number of carbonyl (C=O) groups excluding carboxylic acids is 2. The third-order valence-corrected chi connectivity index (χ3v) is 6.80. The second-order valence-corrected chi connectivity index (χ2v) is 10.5. The van der Waals surface area contributed by atoms with Gasteiger partial charge in [-0.3, -0.25) is 0 Å². The second-order valence-electron chi connectivity index (χ2n) is 10.5. The number of aliphatic hydroxyl groups is 1. The molecule has 0 amide bonds. The quantitative estimate of drug-likeness (QED) is 0.433. The number of cyclic esters (lactones) is 1. The lowest BCUT2D eigenvalue weighted by molar-refractivity contribution is -0.151. The number of aliphatic imine (C=N–C) groups is 1. The van der Waals surface area contributed by atoms with Crippen LogP contribution in [0, 0.1) is 5.82 Å². The molecule has 1 aliphatic carbocycles. The molecule has 1 spiro atoms. The Morgan fingerprint density at radius 2 is 1.63 bits per heavy atom. The molecule has 0 unspecified atom stereocenters. The van der Waals surface area contributed by atoms with Gasteiger partial charge in [-0.2, -0.15) is 0 Å². The minimum atomic E-state index is -1.66. The molecule has 0 fully saturated rings. The SMILES string of the molecule is CC(C)(C)OC(=O)C1=C(O)C[C@H](c2ccccc2)[C@@]2(N=C(c3cccc(F)c3)OC2=O)[C@H]1c1ccccc1. The highest BCUT2D eigenvalue weighted by Crippen LogP contribution is 2.56. The van der Waals surface area contributed by atoms with Gasteiger partial charge in [0, 0.05) is 17.9 Å². The van der Waals surface area contributed by atoms with Gasteiger partial charge in [-0.05, 0) is 50.1 Å². The number of nitrogens with zero attached hydrogens (tertiary/aromatic N) is 1. The molecule has 0 bridgehead atoms. The summed E-state index contributed by atoms with van der Waals surface area (Å²) in [6.45, 7) is 5.19. The van der Waals surface area contributed by atoms with Gasteiger partial charge < -0.3 is 14.6 Å². The maximum absolute atomic E-state index is 14.1. The number of ether oxygens (including phenoxy) is 2. The van der Waals surface area contributed by atoms with E-state index in [4.69, 9.17) is 14.5 Å². The largest absolute Gasteiger partial charge is 0.512 e. The predicted octanol–water partition coefficient (Wildman–Crippen LogP) is 5.99. The first kappa shape index (κ1) is 25.4. The van der Waals surface area contributed by atoms with E-state index in [0.717, 1.165) is 5.56 Å². The van der Waals surface area contributed by atoms with E-state index in [0.29, 0.717) is 11.1 Å². The lowest BCUT2D eigenvalue weighted by atomic mass is 9.61. The molecule has 0 saturated heterocycles. The van der Waals surface area contributed by atoms with Crippen molar-refractivity contribution >= 4 is 17.8 Å². The molecule has 7 heteroatoms. The monoisotopic (exact) mass is 513 g/mol. The first-order chi connectivity index (χ1) is 18.1. The van der Waals surface area contributed by atoms with Crippen LogP contribution in [-0.2, 0) is 19.1 Å². The molecule has 0 radical (unpaired) electrons. The normalized spacial score (nSPS) is 23.3. The van der Waals surface area contributed by atoms with Gasteiger partial charge in [0.1, 0.15) is 17.2 Å². The van der Waals surface area contributed by atoms with Gasteiger partial charge in [-0.15, -0.1) is 0 Å². The van der Waals surface area contributed by atoms with Gasteiger partial charge in [0.2, 0.25) is 5.90 Å². The maximum Gasteiger partial charge on any atom is 0.342 e. The van der Waals surface area contributed by atoms with Crippen molar-refractivity contribution in [1.82, 2.24) is 0 Å². The summed E-state index contributed by atoms with van der Waals surface area (Å²) in [5, 5.41) is 11.4. The number of benzene rings is 3. The van der Waals surface area contributed by atoms with Gasteiger partial charge in [0.25, 0.3) is 0 Å². The Balaban J connectivity index is 1.80. The van der Waals surface area contributed by atoms with Gasteiger partial charge in [-0.1, -0.05) is 66.7 Å². The van der Waals surface area contributed by atoms with Crippen LogP contribution in [0.4, 0.5) is 4.39 Å². The fraction of sp³-hybridized carbons (Fsp3) is 0.258. The van der Waals surface area contributed by atoms with E-state index in [2.05, 4.69) is 0 Å². The first-order valence-corrected chi connectivity index (χ1v) is 12.4. The Morgan fingerprint density at radius 3 is 2.24 bits per heavy atom. The third-order valence-electron chi connectivity index (χ3n) is 6.80. The number of carbonyl (C=O) groups is 2. The maximum atomic E-state index is 14.1. The number of aliphatic hydroxyl groups excluding tert-OH is 1. The number of hydrogen-bond acceptors (Lipinski definition) is 6. The van der Waals surface area contributed by atoms with E-state index in [9.17, 15) is 19.1 Å². The van der Waals surface area contributed by atoms with E-state index in [1.165, 1.54) is 18.2 Å². The van der Waals surface area contributed by atoms with Crippen molar-refractivity contribution in [1.29, 1.82) is 0 Å². The molecule has 38 heavy (non-hydrogen) atoms. The molecular weight excluding hydrogens is 485 g/mol. The van der Waals surface area contributed by atoms with Crippen LogP contribution in [0.15, 0.2) is 101 Å². The molecule has 1 heterocycles. The number of esters is 2. The highest BCUT2D eigenvalue weighted by molar-refractivity contribution is 6.10. The number of halogens is 1. The molecule has 6 nitrogen and oxygen atoms in total. The van der Waals surface area contributed by atoms with Gasteiger partial charge in [0.05, 0.1) is 11.5 Å². The van der Waals surface area contributed by atoms with E-state index in [-0.39, 0.29) is 23.7 Å². The van der Waals surface area contributed by atoms with Crippen LogP contribution in [-0.4, -0.2) is 34.1 Å². The minimum absolute atomic E-state index is 0.0405. The molecule has 1 N–H and O–H groups in total.